The summed E-state index contributed by atoms with van der Waals surface area (Å²) >= 11 is 0. The summed E-state index contributed by atoms with van der Waals surface area (Å²) in [6.45, 7) is 0.865. The molecule has 0 bridgehead atoms. The Hall–Kier alpha value is -1.92. The van der Waals surface area contributed by atoms with Crippen molar-refractivity contribution in [1.82, 2.24) is 9.37 Å². The van der Waals surface area contributed by atoms with Crippen molar-refractivity contribution < 1.29 is 23.2 Å². The lowest BCUT2D eigenvalue weighted by Gasteiger charge is -2.32. The molecule has 2 rings (SSSR count). The quantitative estimate of drug-likeness (QED) is 0.321. The fourth-order valence-corrected chi connectivity index (χ4v) is 4.54. The van der Waals surface area contributed by atoms with E-state index in [9.17, 15) is 18.4 Å². The third-order valence-corrected chi connectivity index (χ3v) is 6.07. The number of rotatable bonds is 8. The molecule has 1 amide bonds. The molecule has 0 radical (unpaired) electrons. The second-order valence-electron chi connectivity index (χ2n) is 5.80. The molecule has 0 aliphatic carbocycles. The molecule has 1 aromatic rings. The molecule has 1 heterocycles. The minimum Gasteiger partial charge on any atom is -0.365 e. The van der Waals surface area contributed by atoms with E-state index in [1.165, 1.54) is 4.31 Å². The number of sulfonamides is 1. The lowest BCUT2D eigenvalue weighted by molar-refractivity contribution is -0.159. The standard InChI is InChI=1S/C17H22N2O5S/c1-2-12-24-16-8-10-18(11-9-16)25(22,23)13-17(19(21)14-20)15-6-4-3-5-7-15/h1,3-7,14,16-17,21H,8-13H2. The molecule has 0 saturated carbocycles. The predicted molar refractivity (Wildman–Crippen MR) is 92.0 cm³/mol. The van der Waals surface area contributed by atoms with Gasteiger partial charge in [0, 0.05) is 13.1 Å². The first kappa shape index (κ1) is 19.4. The minimum atomic E-state index is -3.65. The minimum absolute atomic E-state index is 0.0447. The van der Waals surface area contributed by atoms with Crippen LogP contribution in [0, 0.1) is 12.3 Å². The highest BCUT2D eigenvalue weighted by molar-refractivity contribution is 7.89. The number of hydrogen-bond donors (Lipinski definition) is 1. The molecule has 7 nitrogen and oxygen atoms in total. The molecule has 1 saturated heterocycles. The maximum Gasteiger partial charge on any atom is 0.233 e. The molecule has 1 aromatic carbocycles. The van der Waals surface area contributed by atoms with Crippen molar-refractivity contribution in [3.63, 3.8) is 0 Å². The fraction of sp³-hybridized carbons (Fsp3) is 0.471. The van der Waals surface area contributed by atoms with Gasteiger partial charge in [0.25, 0.3) is 0 Å². The van der Waals surface area contributed by atoms with Gasteiger partial charge in [-0.25, -0.2) is 17.8 Å². The number of amides is 1. The summed E-state index contributed by atoms with van der Waals surface area (Å²) < 4.78 is 32.2. The molecule has 1 aliphatic rings. The van der Waals surface area contributed by atoms with E-state index < -0.39 is 16.1 Å². The topological polar surface area (TPSA) is 87.2 Å². The van der Waals surface area contributed by atoms with Crippen LogP contribution in [0.4, 0.5) is 0 Å². The van der Waals surface area contributed by atoms with Gasteiger partial charge in [-0.2, -0.15) is 0 Å². The molecule has 0 aromatic heterocycles. The maximum atomic E-state index is 12.7. The molecule has 8 heteroatoms. The Balaban J connectivity index is 2.06. The number of carbonyl (C=O) groups excluding carboxylic acids is 1. The highest BCUT2D eigenvalue weighted by Crippen LogP contribution is 2.24. The van der Waals surface area contributed by atoms with Gasteiger partial charge in [-0.15, -0.1) is 6.42 Å². The number of ether oxygens (including phenoxy) is 1. The first-order valence-electron chi connectivity index (χ1n) is 7.98. The van der Waals surface area contributed by atoms with Crippen molar-refractivity contribution in [2.24, 2.45) is 0 Å². The maximum absolute atomic E-state index is 12.7. The second-order valence-corrected chi connectivity index (χ2v) is 7.82. The molecule has 1 unspecified atom stereocenters. The molecule has 1 aliphatic heterocycles. The summed E-state index contributed by atoms with van der Waals surface area (Å²) in [5, 5.41) is 10.2. The van der Waals surface area contributed by atoms with Crippen molar-refractivity contribution in [2.75, 3.05) is 25.4 Å². The van der Waals surface area contributed by atoms with Crippen LogP contribution in [0.25, 0.3) is 0 Å². The van der Waals surface area contributed by atoms with Gasteiger partial charge in [0.1, 0.15) is 6.61 Å². The van der Waals surface area contributed by atoms with Crippen molar-refractivity contribution >= 4 is 16.4 Å². The van der Waals surface area contributed by atoms with Crippen LogP contribution in [0.15, 0.2) is 30.3 Å². The van der Waals surface area contributed by atoms with Gasteiger partial charge in [-0.1, -0.05) is 36.3 Å². The van der Waals surface area contributed by atoms with E-state index in [2.05, 4.69) is 5.92 Å². The number of hydroxylamine groups is 2. The van der Waals surface area contributed by atoms with Crippen LogP contribution in [0.5, 0.6) is 0 Å². The molecule has 25 heavy (non-hydrogen) atoms. The van der Waals surface area contributed by atoms with E-state index in [-0.39, 0.29) is 24.9 Å². The molecule has 0 spiro atoms. The summed E-state index contributed by atoms with van der Waals surface area (Å²) in [5.41, 5.74) is 0.549. The fourth-order valence-electron chi connectivity index (χ4n) is 2.82. The van der Waals surface area contributed by atoms with E-state index in [0.717, 1.165) is 0 Å². The smallest absolute Gasteiger partial charge is 0.233 e. The normalized spacial score (nSPS) is 17.6. The summed E-state index contributed by atoms with van der Waals surface area (Å²) in [4.78, 5) is 11.0. The van der Waals surface area contributed by atoms with Crippen LogP contribution < -0.4 is 0 Å². The predicted octanol–water partition coefficient (Wildman–Crippen LogP) is 1.02. The van der Waals surface area contributed by atoms with Crippen molar-refractivity contribution in [2.45, 2.75) is 25.0 Å². The highest BCUT2D eigenvalue weighted by Gasteiger charge is 2.32. The van der Waals surface area contributed by atoms with Crippen LogP contribution in [-0.2, 0) is 19.6 Å². The Bertz CT molecular complexity index is 693. The summed E-state index contributed by atoms with van der Waals surface area (Å²) in [6.07, 6.45) is 6.45. The van der Waals surface area contributed by atoms with Crippen LogP contribution in [0.1, 0.15) is 24.4 Å². The number of hydrogen-bond acceptors (Lipinski definition) is 5. The average Bonchev–Trinajstić information content (AvgIpc) is 2.65. The van der Waals surface area contributed by atoms with Gasteiger partial charge < -0.3 is 4.74 Å². The number of nitrogens with zero attached hydrogens (tertiary/aromatic N) is 2. The van der Waals surface area contributed by atoms with Gasteiger partial charge in [0.2, 0.25) is 16.4 Å². The Morgan fingerprint density at radius 3 is 2.56 bits per heavy atom. The van der Waals surface area contributed by atoms with Crippen molar-refractivity contribution in [3.05, 3.63) is 35.9 Å². The van der Waals surface area contributed by atoms with Gasteiger partial charge >= 0.3 is 0 Å². The van der Waals surface area contributed by atoms with Gasteiger partial charge in [-0.3, -0.25) is 10.0 Å². The number of carbonyl (C=O) groups is 1. The Kier molecular flexibility index (Phi) is 6.96. The molecule has 1 N–H and O–H groups in total. The zero-order valence-electron chi connectivity index (χ0n) is 13.8. The van der Waals surface area contributed by atoms with E-state index >= 15 is 0 Å². The summed E-state index contributed by atoms with van der Waals surface area (Å²) in [7, 11) is -3.65. The van der Waals surface area contributed by atoms with Crippen LogP contribution in [-0.4, -0.2) is 61.0 Å². The third kappa shape index (κ3) is 5.28. The van der Waals surface area contributed by atoms with E-state index in [4.69, 9.17) is 11.2 Å². The number of benzene rings is 1. The number of piperidine rings is 1. The molecular weight excluding hydrogens is 344 g/mol. The summed E-state index contributed by atoms with van der Waals surface area (Å²) in [5.74, 6) is 2.01. The summed E-state index contributed by atoms with van der Waals surface area (Å²) in [6, 6.07) is 7.61. The first-order chi connectivity index (χ1) is 12.0. The second kappa shape index (κ2) is 8.97. The third-order valence-electron chi connectivity index (χ3n) is 4.18. The Morgan fingerprint density at radius 2 is 2.00 bits per heavy atom. The average molecular weight is 366 g/mol. The van der Waals surface area contributed by atoms with Crippen LogP contribution in [0.3, 0.4) is 0 Å². The van der Waals surface area contributed by atoms with Crippen molar-refractivity contribution in [3.8, 4) is 12.3 Å². The first-order valence-corrected chi connectivity index (χ1v) is 9.59. The van der Waals surface area contributed by atoms with Crippen LogP contribution >= 0.6 is 0 Å². The van der Waals surface area contributed by atoms with E-state index in [0.29, 0.717) is 36.6 Å². The SMILES string of the molecule is C#CCOC1CCN(S(=O)(=O)CC(c2ccccc2)N(O)C=O)CC1. The van der Waals surface area contributed by atoms with Gasteiger partial charge in [0.05, 0.1) is 17.9 Å². The number of terminal acetylenes is 1. The molecular formula is C17H22N2O5S. The van der Waals surface area contributed by atoms with E-state index in [1.807, 2.05) is 0 Å². The highest BCUT2D eigenvalue weighted by atomic mass is 32.2. The van der Waals surface area contributed by atoms with Crippen molar-refractivity contribution in [1.29, 1.82) is 0 Å². The molecule has 1 atom stereocenters. The van der Waals surface area contributed by atoms with E-state index in [1.54, 1.807) is 30.3 Å². The zero-order chi connectivity index (χ0) is 18.3. The zero-order valence-corrected chi connectivity index (χ0v) is 14.6. The monoisotopic (exact) mass is 366 g/mol. The van der Waals surface area contributed by atoms with Gasteiger partial charge in [0.15, 0.2) is 0 Å². The lowest BCUT2D eigenvalue weighted by Crippen LogP contribution is -2.44. The van der Waals surface area contributed by atoms with Gasteiger partial charge in [-0.05, 0) is 18.4 Å². The molecule has 136 valence electrons. The largest absolute Gasteiger partial charge is 0.365 e. The van der Waals surface area contributed by atoms with Crippen LogP contribution in [0.2, 0.25) is 0 Å². The lowest BCUT2D eigenvalue weighted by atomic mass is 10.1. The Labute approximate surface area is 148 Å². The molecule has 1 fully saturated rings. The Morgan fingerprint density at radius 1 is 1.36 bits per heavy atom.